The van der Waals surface area contributed by atoms with Crippen molar-refractivity contribution in [1.29, 1.82) is 0 Å². The van der Waals surface area contributed by atoms with Crippen molar-refractivity contribution in [1.82, 2.24) is 14.8 Å². The second-order valence-corrected chi connectivity index (χ2v) is 5.47. The van der Waals surface area contributed by atoms with E-state index in [1.807, 2.05) is 0 Å². The topological polar surface area (TPSA) is 50.9 Å². The summed E-state index contributed by atoms with van der Waals surface area (Å²) in [5.41, 5.74) is 2.83. The molecule has 0 fully saturated rings. The van der Waals surface area contributed by atoms with E-state index >= 15 is 0 Å². The van der Waals surface area contributed by atoms with Crippen LogP contribution in [0.15, 0.2) is 24.3 Å². The van der Waals surface area contributed by atoms with Gasteiger partial charge in [-0.2, -0.15) is 0 Å². The van der Waals surface area contributed by atoms with Gasteiger partial charge in [0.05, 0.1) is 0 Å². The average Bonchev–Trinajstić information content (AvgIpc) is 3.01. The molecule has 4 nitrogen and oxygen atoms in total. The molecule has 0 spiro atoms. The van der Waals surface area contributed by atoms with Crippen molar-refractivity contribution in [2.45, 2.75) is 45.3 Å². The molecule has 1 heterocycles. The molecule has 0 saturated heterocycles. The van der Waals surface area contributed by atoms with Crippen molar-refractivity contribution < 1.29 is 5.11 Å². The van der Waals surface area contributed by atoms with Crippen LogP contribution in [0.1, 0.15) is 48.6 Å². The first-order valence-electron chi connectivity index (χ1n) is 6.82. The Kier molecular flexibility index (Phi) is 3.11. The zero-order valence-electron chi connectivity index (χ0n) is 11.4. The second-order valence-electron chi connectivity index (χ2n) is 5.47. The lowest BCUT2D eigenvalue weighted by molar-refractivity contribution is 0.261. The maximum atomic E-state index is 9.37. The van der Waals surface area contributed by atoms with Crippen LogP contribution >= 0.6 is 0 Å². The molecule has 1 aliphatic rings. The molecule has 0 radical (unpaired) electrons. The highest BCUT2D eigenvalue weighted by atomic mass is 16.3. The monoisotopic (exact) mass is 257 g/mol. The van der Waals surface area contributed by atoms with Gasteiger partial charge in [-0.05, 0) is 37.8 Å². The Balaban J connectivity index is 1.95. The first-order chi connectivity index (χ1) is 9.20. The molecule has 0 aliphatic heterocycles. The Morgan fingerprint density at radius 3 is 2.37 bits per heavy atom. The van der Waals surface area contributed by atoms with Crippen molar-refractivity contribution in [3.05, 3.63) is 47.0 Å². The third kappa shape index (κ3) is 2.06. The van der Waals surface area contributed by atoms with E-state index in [0.29, 0.717) is 11.7 Å². The number of rotatable bonds is 3. The van der Waals surface area contributed by atoms with E-state index in [2.05, 4.69) is 52.9 Å². The van der Waals surface area contributed by atoms with E-state index in [1.54, 1.807) is 0 Å². The molecule has 3 rings (SSSR count). The van der Waals surface area contributed by atoms with Crippen LogP contribution in [0.4, 0.5) is 0 Å². The summed E-state index contributed by atoms with van der Waals surface area (Å²) in [4.78, 5) is 0. The van der Waals surface area contributed by atoms with Gasteiger partial charge in [-0.3, -0.25) is 0 Å². The third-order valence-corrected chi connectivity index (χ3v) is 3.87. The Labute approximate surface area is 113 Å². The molecule has 0 amide bonds. The number of nitrogens with zero attached hydrogens (tertiary/aromatic N) is 3. The molecule has 0 unspecified atom stereocenters. The summed E-state index contributed by atoms with van der Waals surface area (Å²) < 4.78 is 2.08. The number of hydrogen-bond donors (Lipinski definition) is 1. The molecule has 100 valence electrons. The third-order valence-electron chi connectivity index (χ3n) is 3.87. The summed E-state index contributed by atoms with van der Waals surface area (Å²) in [7, 11) is 0. The van der Waals surface area contributed by atoms with Crippen molar-refractivity contribution in [2.24, 2.45) is 0 Å². The largest absolute Gasteiger partial charge is 0.388 e. The van der Waals surface area contributed by atoms with E-state index in [9.17, 15) is 5.11 Å². The Hall–Kier alpha value is -1.68. The van der Waals surface area contributed by atoms with Crippen LogP contribution < -0.4 is 0 Å². The quantitative estimate of drug-likeness (QED) is 0.917. The van der Waals surface area contributed by atoms with Gasteiger partial charge in [0.25, 0.3) is 0 Å². The smallest absolute Gasteiger partial charge is 0.159 e. The number of aliphatic hydroxyl groups is 1. The molecule has 1 aromatic carbocycles. The van der Waals surface area contributed by atoms with Crippen LogP contribution in [0.5, 0.6) is 0 Å². The fraction of sp³-hybridized carbons (Fsp3) is 0.467. The minimum atomic E-state index is -0.0507. The number of benzene rings is 1. The summed E-state index contributed by atoms with van der Waals surface area (Å²) in [5, 5.41) is 17.8. The predicted molar refractivity (Wildman–Crippen MR) is 72.9 cm³/mol. The average molecular weight is 257 g/mol. The van der Waals surface area contributed by atoms with Gasteiger partial charge in [0.1, 0.15) is 12.4 Å². The van der Waals surface area contributed by atoms with Crippen molar-refractivity contribution >= 4 is 0 Å². The lowest BCUT2D eigenvalue weighted by atomic mass is 10.1. The SMILES string of the molecule is CC(C)n1c(CO)nnc1C1Cc2ccccc2C1. The van der Waals surface area contributed by atoms with E-state index < -0.39 is 0 Å². The van der Waals surface area contributed by atoms with Gasteiger partial charge in [-0.25, -0.2) is 0 Å². The first kappa shape index (κ1) is 12.4. The molecular weight excluding hydrogens is 238 g/mol. The van der Waals surface area contributed by atoms with E-state index in [-0.39, 0.29) is 12.6 Å². The van der Waals surface area contributed by atoms with Gasteiger partial charge in [0.15, 0.2) is 5.82 Å². The molecule has 4 heteroatoms. The molecular formula is C15H19N3O. The molecule has 0 saturated carbocycles. The summed E-state index contributed by atoms with van der Waals surface area (Å²) in [6.45, 7) is 4.16. The number of fused-ring (bicyclic) bond motifs is 1. The molecule has 1 aromatic heterocycles. The predicted octanol–water partition coefficient (Wildman–Crippen LogP) is 2.23. The molecule has 2 aromatic rings. The molecule has 0 bridgehead atoms. The maximum absolute atomic E-state index is 9.37. The highest BCUT2D eigenvalue weighted by Crippen LogP contribution is 2.34. The summed E-state index contributed by atoms with van der Waals surface area (Å²) in [6, 6.07) is 8.84. The van der Waals surface area contributed by atoms with Crippen LogP contribution in [0.25, 0.3) is 0 Å². The van der Waals surface area contributed by atoms with Crippen molar-refractivity contribution in [3.8, 4) is 0 Å². The first-order valence-corrected chi connectivity index (χ1v) is 6.82. The van der Waals surface area contributed by atoms with Gasteiger partial charge >= 0.3 is 0 Å². The van der Waals surface area contributed by atoms with Crippen molar-refractivity contribution in [3.63, 3.8) is 0 Å². The highest BCUT2D eigenvalue weighted by Gasteiger charge is 2.28. The lowest BCUT2D eigenvalue weighted by Crippen LogP contribution is -2.14. The van der Waals surface area contributed by atoms with Crippen molar-refractivity contribution in [2.75, 3.05) is 0 Å². The Morgan fingerprint density at radius 1 is 1.21 bits per heavy atom. The van der Waals surface area contributed by atoms with Gasteiger partial charge in [-0.15, -0.1) is 10.2 Å². The molecule has 1 aliphatic carbocycles. The molecule has 0 atom stereocenters. The Bertz CT molecular complexity index is 564. The Morgan fingerprint density at radius 2 is 1.84 bits per heavy atom. The zero-order chi connectivity index (χ0) is 13.4. The van der Waals surface area contributed by atoms with Gasteiger partial charge in [0, 0.05) is 12.0 Å². The van der Waals surface area contributed by atoms with E-state index in [1.165, 1.54) is 11.1 Å². The number of hydrogen-bond acceptors (Lipinski definition) is 3. The van der Waals surface area contributed by atoms with Crippen LogP contribution in [0, 0.1) is 0 Å². The standard InChI is InChI=1S/C15H19N3O/c1-10(2)18-14(9-19)16-17-15(18)13-7-11-5-3-4-6-12(11)8-13/h3-6,10,13,19H,7-9H2,1-2H3. The highest BCUT2D eigenvalue weighted by molar-refractivity contribution is 5.35. The molecule has 1 N–H and O–H groups in total. The molecule has 19 heavy (non-hydrogen) atoms. The van der Waals surface area contributed by atoms with Crippen LogP contribution in [0.3, 0.4) is 0 Å². The van der Waals surface area contributed by atoms with Gasteiger partial charge in [0.2, 0.25) is 0 Å². The minimum absolute atomic E-state index is 0.0507. The fourth-order valence-corrected chi connectivity index (χ4v) is 3.03. The summed E-state index contributed by atoms with van der Waals surface area (Å²) in [5.74, 6) is 2.06. The lowest BCUT2D eigenvalue weighted by Gasteiger charge is -2.16. The van der Waals surface area contributed by atoms with E-state index in [0.717, 1.165) is 18.7 Å². The van der Waals surface area contributed by atoms with Crippen LogP contribution in [-0.2, 0) is 19.4 Å². The minimum Gasteiger partial charge on any atom is -0.388 e. The normalized spacial score (nSPS) is 15.2. The maximum Gasteiger partial charge on any atom is 0.159 e. The zero-order valence-corrected chi connectivity index (χ0v) is 11.4. The van der Waals surface area contributed by atoms with Gasteiger partial charge < -0.3 is 9.67 Å². The van der Waals surface area contributed by atoms with Crippen LogP contribution in [0.2, 0.25) is 0 Å². The van der Waals surface area contributed by atoms with Gasteiger partial charge in [-0.1, -0.05) is 24.3 Å². The summed E-state index contributed by atoms with van der Waals surface area (Å²) >= 11 is 0. The fourth-order valence-electron chi connectivity index (χ4n) is 3.03. The number of aromatic nitrogens is 3. The summed E-state index contributed by atoms with van der Waals surface area (Å²) in [6.07, 6.45) is 2.04. The second kappa shape index (κ2) is 4.78. The van der Waals surface area contributed by atoms with Crippen LogP contribution in [-0.4, -0.2) is 19.9 Å². The number of aliphatic hydroxyl groups excluding tert-OH is 1. The van der Waals surface area contributed by atoms with E-state index in [4.69, 9.17) is 0 Å².